The van der Waals surface area contributed by atoms with Gasteiger partial charge >= 0.3 is 0 Å². The molecule has 2 rings (SSSR count). The van der Waals surface area contributed by atoms with Gasteiger partial charge in [0.15, 0.2) is 0 Å². The van der Waals surface area contributed by atoms with Gasteiger partial charge in [-0.15, -0.1) is 6.58 Å². The standard InChI is InChI=1S/C15H14ClNO2S/c1-2-12-17(15-11-7-6-10-14(15)16)20(18,19)13-8-4-3-5-9-13/h2-11H,1,12H2. The molecule has 0 saturated heterocycles. The third-order valence-electron chi connectivity index (χ3n) is 2.75. The molecule has 0 bridgehead atoms. The number of nitrogens with zero attached hydrogens (tertiary/aromatic N) is 1. The van der Waals surface area contributed by atoms with Gasteiger partial charge in [0, 0.05) is 0 Å². The maximum Gasteiger partial charge on any atom is 0.264 e. The summed E-state index contributed by atoms with van der Waals surface area (Å²) in [6, 6.07) is 15.1. The normalized spacial score (nSPS) is 11.1. The minimum absolute atomic E-state index is 0.154. The van der Waals surface area contributed by atoms with Gasteiger partial charge in [-0.2, -0.15) is 0 Å². The SMILES string of the molecule is C=CCN(c1ccccc1Cl)S(=O)(=O)c1ccccc1. The van der Waals surface area contributed by atoms with E-state index in [0.717, 1.165) is 0 Å². The number of rotatable bonds is 5. The largest absolute Gasteiger partial charge is 0.264 e. The first-order chi connectivity index (χ1) is 9.57. The number of benzene rings is 2. The van der Waals surface area contributed by atoms with Crippen LogP contribution in [-0.4, -0.2) is 15.0 Å². The predicted molar refractivity (Wildman–Crippen MR) is 82.6 cm³/mol. The first-order valence-electron chi connectivity index (χ1n) is 6.00. The zero-order chi connectivity index (χ0) is 14.6. The fourth-order valence-electron chi connectivity index (χ4n) is 1.82. The Morgan fingerprint density at radius 3 is 2.25 bits per heavy atom. The molecular formula is C15H14ClNO2S. The lowest BCUT2D eigenvalue weighted by molar-refractivity contribution is 0.593. The maximum absolute atomic E-state index is 12.7. The first kappa shape index (κ1) is 14.6. The van der Waals surface area contributed by atoms with E-state index < -0.39 is 10.0 Å². The molecule has 5 heteroatoms. The highest BCUT2D eigenvalue weighted by atomic mass is 35.5. The summed E-state index contributed by atoms with van der Waals surface area (Å²) in [7, 11) is -3.66. The summed E-state index contributed by atoms with van der Waals surface area (Å²) in [6.45, 7) is 3.77. The summed E-state index contributed by atoms with van der Waals surface area (Å²) < 4.78 is 26.6. The fourth-order valence-corrected chi connectivity index (χ4v) is 3.58. The van der Waals surface area contributed by atoms with Gasteiger partial charge in [0.1, 0.15) is 0 Å². The molecule has 0 unspecified atom stereocenters. The van der Waals surface area contributed by atoms with Crippen LogP contribution in [-0.2, 0) is 10.0 Å². The molecular weight excluding hydrogens is 294 g/mol. The third kappa shape index (κ3) is 2.86. The van der Waals surface area contributed by atoms with Crippen molar-refractivity contribution in [1.82, 2.24) is 0 Å². The monoisotopic (exact) mass is 307 g/mol. The Hall–Kier alpha value is -1.78. The summed E-state index contributed by atoms with van der Waals surface area (Å²) >= 11 is 6.11. The van der Waals surface area contributed by atoms with Gasteiger partial charge in [-0.05, 0) is 24.3 Å². The molecule has 3 nitrogen and oxygen atoms in total. The van der Waals surface area contributed by atoms with Crippen LogP contribution in [0.3, 0.4) is 0 Å². The number of para-hydroxylation sites is 1. The molecule has 0 aliphatic rings. The molecule has 0 saturated carbocycles. The van der Waals surface area contributed by atoms with E-state index in [1.807, 2.05) is 0 Å². The van der Waals surface area contributed by atoms with Crippen molar-refractivity contribution in [2.45, 2.75) is 4.90 Å². The molecule has 104 valence electrons. The van der Waals surface area contributed by atoms with Crippen LogP contribution < -0.4 is 4.31 Å². The maximum atomic E-state index is 12.7. The third-order valence-corrected chi connectivity index (χ3v) is 4.86. The molecule has 20 heavy (non-hydrogen) atoms. The van der Waals surface area contributed by atoms with Gasteiger partial charge in [-0.25, -0.2) is 8.42 Å². The van der Waals surface area contributed by atoms with Crippen LogP contribution in [0.2, 0.25) is 5.02 Å². The predicted octanol–water partition coefficient (Wildman–Crippen LogP) is 3.72. The van der Waals surface area contributed by atoms with E-state index in [9.17, 15) is 8.42 Å². The molecule has 0 atom stereocenters. The molecule has 0 aliphatic heterocycles. The van der Waals surface area contributed by atoms with E-state index in [4.69, 9.17) is 11.6 Å². The van der Waals surface area contributed by atoms with Gasteiger partial charge in [0.25, 0.3) is 10.0 Å². The Labute approximate surface area is 124 Å². The van der Waals surface area contributed by atoms with Crippen LogP contribution in [0, 0.1) is 0 Å². The summed E-state index contributed by atoms with van der Waals surface area (Å²) in [4.78, 5) is 0.224. The highest BCUT2D eigenvalue weighted by molar-refractivity contribution is 7.92. The quantitative estimate of drug-likeness (QED) is 0.789. The van der Waals surface area contributed by atoms with Crippen molar-refractivity contribution < 1.29 is 8.42 Å². The number of anilines is 1. The van der Waals surface area contributed by atoms with E-state index in [0.29, 0.717) is 10.7 Å². The molecule has 0 N–H and O–H groups in total. The fraction of sp³-hybridized carbons (Fsp3) is 0.0667. The molecule has 0 fully saturated rings. The van der Waals surface area contributed by atoms with Crippen molar-refractivity contribution in [3.63, 3.8) is 0 Å². The van der Waals surface area contributed by atoms with Gasteiger partial charge < -0.3 is 0 Å². The summed E-state index contributed by atoms with van der Waals surface area (Å²) in [5, 5.41) is 0.383. The average Bonchev–Trinajstić information content (AvgIpc) is 2.46. The summed E-state index contributed by atoms with van der Waals surface area (Å²) in [6.07, 6.45) is 1.53. The Morgan fingerprint density at radius 2 is 1.65 bits per heavy atom. The van der Waals surface area contributed by atoms with Crippen molar-refractivity contribution in [2.24, 2.45) is 0 Å². The molecule has 0 spiro atoms. The zero-order valence-electron chi connectivity index (χ0n) is 10.7. The Balaban J connectivity index is 2.55. The van der Waals surface area contributed by atoms with Gasteiger partial charge in [0.2, 0.25) is 0 Å². The van der Waals surface area contributed by atoms with Crippen LogP contribution in [0.4, 0.5) is 5.69 Å². The highest BCUT2D eigenvalue weighted by Crippen LogP contribution is 2.30. The molecule has 0 aromatic heterocycles. The van der Waals surface area contributed by atoms with Gasteiger partial charge in [0.05, 0.1) is 22.2 Å². The van der Waals surface area contributed by atoms with E-state index in [2.05, 4.69) is 6.58 Å². The van der Waals surface area contributed by atoms with E-state index in [-0.39, 0.29) is 11.4 Å². The van der Waals surface area contributed by atoms with Crippen molar-refractivity contribution in [3.8, 4) is 0 Å². The van der Waals surface area contributed by atoms with E-state index in [1.165, 1.54) is 10.4 Å². The van der Waals surface area contributed by atoms with E-state index >= 15 is 0 Å². The molecule has 0 amide bonds. The second kappa shape index (κ2) is 6.11. The Kier molecular flexibility index (Phi) is 4.47. The Morgan fingerprint density at radius 1 is 1.05 bits per heavy atom. The summed E-state index contributed by atoms with van der Waals surface area (Å²) in [5.74, 6) is 0. The van der Waals surface area contributed by atoms with Gasteiger partial charge in [-0.3, -0.25) is 4.31 Å². The topological polar surface area (TPSA) is 37.4 Å². The smallest absolute Gasteiger partial charge is 0.261 e. The number of halogens is 1. The van der Waals surface area contributed by atoms with Gasteiger partial charge in [-0.1, -0.05) is 48.0 Å². The van der Waals surface area contributed by atoms with E-state index in [1.54, 1.807) is 54.6 Å². The second-order valence-corrected chi connectivity index (χ2v) is 6.36. The summed E-state index contributed by atoms with van der Waals surface area (Å²) in [5.41, 5.74) is 0.443. The van der Waals surface area contributed by atoms with Crippen molar-refractivity contribution in [2.75, 3.05) is 10.8 Å². The number of sulfonamides is 1. The average molecular weight is 308 g/mol. The molecule has 2 aromatic carbocycles. The number of hydrogen-bond donors (Lipinski definition) is 0. The van der Waals surface area contributed by atoms with Crippen LogP contribution in [0.25, 0.3) is 0 Å². The zero-order valence-corrected chi connectivity index (χ0v) is 12.3. The van der Waals surface area contributed by atoms with Crippen LogP contribution in [0.1, 0.15) is 0 Å². The molecule has 0 heterocycles. The molecule has 0 radical (unpaired) electrons. The lowest BCUT2D eigenvalue weighted by Gasteiger charge is -2.24. The number of hydrogen-bond acceptors (Lipinski definition) is 2. The van der Waals surface area contributed by atoms with Crippen molar-refractivity contribution >= 4 is 27.3 Å². The highest BCUT2D eigenvalue weighted by Gasteiger charge is 2.25. The second-order valence-electron chi connectivity index (χ2n) is 4.09. The Bertz CT molecular complexity index is 699. The van der Waals surface area contributed by atoms with Crippen LogP contribution in [0.15, 0.2) is 72.1 Å². The first-order valence-corrected chi connectivity index (χ1v) is 7.82. The van der Waals surface area contributed by atoms with Crippen LogP contribution in [0.5, 0.6) is 0 Å². The van der Waals surface area contributed by atoms with Crippen LogP contribution >= 0.6 is 11.6 Å². The van der Waals surface area contributed by atoms with Crippen molar-refractivity contribution in [1.29, 1.82) is 0 Å². The minimum Gasteiger partial charge on any atom is -0.261 e. The lowest BCUT2D eigenvalue weighted by Crippen LogP contribution is -2.31. The molecule has 0 aliphatic carbocycles. The lowest BCUT2D eigenvalue weighted by atomic mass is 10.3. The molecule has 2 aromatic rings. The minimum atomic E-state index is -3.66. The van der Waals surface area contributed by atoms with Crippen molar-refractivity contribution in [3.05, 3.63) is 72.3 Å².